The maximum absolute atomic E-state index is 6.49. The Kier molecular flexibility index (Phi) is 8.92. The zero-order chi connectivity index (χ0) is 23.8. The summed E-state index contributed by atoms with van der Waals surface area (Å²) in [4.78, 5) is 0. The Bertz CT molecular complexity index is 1170. The lowest BCUT2D eigenvalue weighted by Gasteiger charge is -2.11. The predicted molar refractivity (Wildman–Crippen MR) is 146 cm³/mol. The maximum atomic E-state index is 6.49. The maximum Gasteiger partial charge on any atom is 0.181 e. The minimum atomic E-state index is 0.0550. The summed E-state index contributed by atoms with van der Waals surface area (Å²) >= 11 is 0. The molecule has 0 spiro atoms. The molecule has 0 aliphatic rings. The van der Waals surface area contributed by atoms with E-state index in [1.165, 1.54) is 70.6 Å². The molecule has 4 nitrogen and oxygen atoms in total. The summed E-state index contributed by atoms with van der Waals surface area (Å²) in [6, 6.07) is 12.7. The molecule has 2 aromatic heterocycles. The van der Waals surface area contributed by atoms with E-state index in [4.69, 9.17) is 14.6 Å². The van der Waals surface area contributed by atoms with E-state index >= 15 is 0 Å². The first-order valence-corrected chi connectivity index (χ1v) is 13.6. The van der Waals surface area contributed by atoms with Crippen LogP contribution in [0.15, 0.2) is 45.2 Å². The second-order valence-electron chi connectivity index (χ2n) is 9.83. The lowest BCUT2D eigenvalue weighted by atomic mass is 10.00. The summed E-state index contributed by atoms with van der Waals surface area (Å²) in [5.74, 6) is 0. The molecule has 4 rings (SSSR count). The van der Waals surface area contributed by atoms with Crippen LogP contribution in [0, 0.1) is 0 Å². The molecule has 2 aromatic carbocycles. The van der Waals surface area contributed by atoms with Gasteiger partial charge in [-0.25, -0.2) is 0 Å². The van der Waals surface area contributed by atoms with E-state index in [0.717, 1.165) is 57.3 Å². The highest BCUT2D eigenvalue weighted by atomic mass is 16.4. The molecule has 4 aromatic rings. The van der Waals surface area contributed by atoms with Crippen LogP contribution in [0.2, 0.25) is 0 Å². The van der Waals surface area contributed by atoms with Crippen molar-refractivity contribution < 1.29 is 8.83 Å². The van der Waals surface area contributed by atoms with Gasteiger partial charge in [0.2, 0.25) is 0 Å². The molecular formula is C30H42N2O2. The van der Waals surface area contributed by atoms with Gasteiger partial charge < -0.3 is 19.9 Å². The van der Waals surface area contributed by atoms with Gasteiger partial charge in [0, 0.05) is 24.3 Å². The van der Waals surface area contributed by atoms with Gasteiger partial charge >= 0.3 is 0 Å². The first kappa shape index (κ1) is 24.7. The molecule has 3 N–H and O–H groups in total. The van der Waals surface area contributed by atoms with Crippen LogP contribution in [0.1, 0.15) is 103 Å². The van der Waals surface area contributed by atoms with Gasteiger partial charge in [-0.3, -0.25) is 0 Å². The van der Waals surface area contributed by atoms with Gasteiger partial charge in [-0.1, -0.05) is 84.1 Å². The van der Waals surface area contributed by atoms with Crippen LogP contribution in [0.3, 0.4) is 0 Å². The topological polar surface area (TPSA) is 64.3 Å². The lowest BCUT2D eigenvalue weighted by molar-refractivity contribution is 0.555. The van der Waals surface area contributed by atoms with Crippen LogP contribution < -0.4 is 11.1 Å². The minimum absolute atomic E-state index is 0.0550. The molecule has 0 saturated heterocycles. The Morgan fingerprint density at radius 1 is 0.706 bits per heavy atom. The fourth-order valence-corrected chi connectivity index (χ4v) is 4.89. The zero-order valence-corrected chi connectivity index (χ0v) is 21.1. The summed E-state index contributed by atoms with van der Waals surface area (Å²) in [6.45, 7) is 5.51. The van der Waals surface area contributed by atoms with Crippen molar-refractivity contribution in [2.24, 2.45) is 5.73 Å². The number of furan rings is 2. The highest BCUT2D eigenvalue weighted by Gasteiger charge is 2.17. The summed E-state index contributed by atoms with van der Waals surface area (Å²) in [7, 11) is 0. The van der Waals surface area contributed by atoms with Crippen molar-refractivity contribution in [3.63, 3.8) is 0 Å². The highest BCUT2D eigenvalue weighted by Crippen LogP contribution is 2.38. The highest BCUT2D eigenvalue weighted by molar-refractivity contribution is 6.12. The van der Waals surface area contributed by atoms with Gasteiger partial charge in [0.05, 0.1) is 10.8 Å². The van der Waals surface area contributed by atoms with E-state index in [9.17, 15) is 0 Å². The van der Waals surface area contributed by atoms with Crippen molar-refractivity contribution in [3.05, 3.63) is 42.0 Å². The number of hydrogen-bond acceptors (Lipinski definition) is 4. The normalized spacial score (nSPS) is 12.8. The molecule has 0 aliphatic heterocycles. The molecule has 0 radical (unpaired) electrons. The Balaban J connectivity index is 1.40. The average molecular weight is 463 g/mol. The zero-order valence-electron chi connectivity index (χ0n) is 21.1. The Labute approximate surface area is 204 Å². The molecule has 0 amide bonds. The van der Waals surface area contributed by atoms with E-state index in [-0.39, 0.29) is 6.04 Å². The molecular weight excluding hydrogens is 420 g/mol. The SMILES string of the molecule is CCCCCCCCNc1ccc2c(c1)oc1c3ccc(C(N)CCCCCCC)cc3oc21. The third-order valence-corrected chi connectivity index (χ3v) is 7.01. The number of hydrogen-bond donors (Lipinski definition) is 2. The van der Waals surface area contributed by atoms with Crippen molar-refractivity contribution in [2.75, 3.05) is 11.9 Å². The van der Waals surface area contributed by atoms with Gasteiger partial charge in [-0.15, -0.1) is 0 Å². The number of unbranched alkanes of at least 4 members (excludes halogenated alkanes) is 9. The standard InChI is InChI=1S/C30H42N2O2/c1-3-5-7-9-11-13-19-32-23-16-18-25-28(21-23)34-29-24-17-15-22(20-27(24)33-30(25)29)26(31)14-12-10-8-6-4-2/h15-18,20-21,26,32H,3-14,19,31H2,1-2H3. The van der Waals surface area contributed by atoms with Crippen LogP contribution in [0.25, 0.3) is 33.1 Å². The third-order valence-electron chi connectivity index (χ3n) is 7.01. The molecule has 0 saturated carbocycles. The summed E-state index contributed by atoms with van der Waals surface area (Å²) < 4.78 is 12.5. The smallest absolute Gasteiger partial charge is 0.181 e. The minimum Gasteiger partial charge on any atom is -0.452 e. The fraction of sp³-hybridized carbons (Fsp3) is 0.533. The van der Waals surface area contributed by atoms with E-state index in [0.29, 0.717) is 0 Å². The monoisotopic (exact) mass is 462 g/mol. The Morgan fingerprint density at radius 3 is 2.00 bits per heavy atom. The number of rotatable bonds is 15. The van der Waals surface area contributed by atoms with Crippen molar-refractivity contribution in [1.82, 2.24) is 0 Å². The first-order chi connectivity index (χ1) is 16.7. The molecule has 2 heterocycles. The quantitative estimate of drug-likeness (QED) is 0.173. The van der Waals surface area contributed by atoms with Crippen molar-refractivity contribution in [1.29, 1.82) is 0 Å². The number of nitrogens with two attached hydrogens (primary N) is 1. The van der Waals surface area contributed by atoms with E-state index < -0.39 is 0 Å². The molecule has 34 heavy (non-hydrogen) atoms. The average Bonchev–Trinajstić information content (AvgIpc) is 3.38. The molecule has 0 bridgehead atoms. The second kappa shape index (κ2) is 12.3. The predicted octanol–water partition coefficient (Wildman–Crippen LogP) is 9.46. The number of benzene rings is 2. The van der Waals surface area contributed by atoms with Gasteiger partial charge in [0.25, 0.3) is 0 Å². The van der Waals surface area contributed by atoms with Crippen LogP contribution in [-0.4, -0.2) is 6.54 Å². The number of anilines is 1. The van der Waals surface area contributed by atoms with Crippen LogP contribution >= 0.6 is 0 Å². The first-order valence-electron chi connectivity index (χ1n) is 13.6. The largest absolute Gasteiger partial charge is 0.452 e. The van der Waals surface area contributed by atoms with Crippen LogP contribution in [0.5, 0.6) is 0 Å². The van der Waals surface area contributed by atoms with E-state index in [2.05, 4.69) is 55.6 Å². The molecule has 184 valence electrons. The molecule has 0 fully saturated rings. The molecule has 1 unspecified atom stereocenters. The number of fused-ring (bicyclic) bond motifs is 5. The summed E-state index contributed by atoms with van der Waals surface area (Å²) in [6.07, 6.45) is 15.2. The number of nitrogens with one attached hydrogen (secondary N) is 1. The van der Waals surface area contributed by atoms with Gasteiger partial charge in [-0.05, 0) is 42.7 Å². The summed E-state index contributed by atoms with van der Waals surface area (Å²) in [5.41, 5.74) is 12.1. The van der Waals surface area contributed by atoms with Gasteiger partial charge in [0.1, 0.15) is 11.2 Å². The molecule has 1 atom stereocenters. The fourth-order valence-electron chi connectivity index (χ4n) is 4.89. The van der Waals surface area contributed by atoms with Gasteiger partial charge in [0.15, 0.2) is 11.2 Å². The lowest BCUT2D eigenvalue weighted by Crippen LogP contribution is -2.09. The van der Waals surface area contributed by atoms with Crippen molar-refractivity contribution >= 4 is 38.8 Å². The van der Waals surface area contributed by atoms with Crippen LogP contribution in [0.4, 0.5) is 5.69 Å². The van der Waals surface area contributed by atoms with Crippen molar-refractivity contribution in [2.45, 2.75) is 96.9 Å². The Hall–Kier alpha value is -2.46. The third kappa shape index (κ3) is 5.96. The Morgan fingerprint density at radius 2 is 1.29 bits per heavy atom. The van der Waals surface area contributed by atoms with E-state index in [1.807, 2.05) is 0 Å². The van der Waals surface area contributed by atoms with Crippen molar-refractivity contribution in [3.8, 4) is 0 Å². The second-order valence-corrected chi connectivity index (χ2v) is 9.83. The molecule has 4 heteroatoms. The molecule has 0 aliphatic carbocycles. The van der Waals surface area contributed by atoms with E-state index in [1.54, 1.807) is 0 Å². The van der Waals surface area contributed by atoms with Gasteiger partial charge in [-0.2, -0.15) is 0 Å². The van der Waals surface area contributed by atoms with Crippen LogP contribution in [-0.2, 0) is 0 Å². The summed E-state index contributed by atoms with van der Waals surface area (Å²) in [5, 5.41) is 5.59.